The van der Waals surface area contributed by atoms with Crippen molar-refractivity contribution in [3.8, 4) is 0 Å². The van der Waals surface area contributed by atoms with Gasteiger partial charge < -0.3 is 15.2 Å². The standard InChI is InChI=1S/C13H25NO3/c1-10(2)9-11(7-6-8-15)14-12(16)17-13(3,4)5/h6-7,10-11,15H,8-9H2,1-5H3,(H,14,16)/b7-6+. The molecule has 0 heterocycles. The third-order valence-electron chi connectivity index (χ3n) is 1.90. The minimum absolute atomic E-state index is 0.0232. The Morgan fingerprint density at radius 3 is 2.41 bits per heavy atom. The lowest BCUT2D eigenvalue weighted by atomic mass is 10.0. The van der Waals surface area contributed by atoms with Crippen molar-refractivity contribution in [3.63, 3.8) is 0 Å². The SMILES string of the molecule is CC(C)CC(/C=C/CO)NC(=O)OC(C)(C)C. The van der Waals surface area contributed by atoms with E-state index in [2.05, 4.69) is 19.2 Å². The van der Waals surface area contributed by atoms with E-state index in [-0.39, 0.29) is 12.6 Å². The Balaban J connectivity index is 4.32. The first-order valence-corrected chi connectivity index (χ1v) is 6.01. The van der Waals surface area contributed by atoms with E-state index in [0.717, 1.165) is 6.42 Å². The normalized spacial score (nSPS) is 14.1. The molecule has 0 aromatic carbocycles. The average molecular weight is 243 g/mol. The van der Waals surface area contributed by atoms with E-state index in [4.69, 9.17) is 9.84 Å². The van der Waals surface area contributed by atoms with E-state index in [1.807, 2.05) is 20.8 Å². The van der Waals surface area contributed by atoms with Crippen LogP contribution in [0.3, 0.4) is 0 Å². The summed E-state index contributed by atoms with van der Waals surface area (Å²) in [5.41, 5.74) is -0.493. The predicted molar refractivity (Wildman–Crippen MR) is 68.8 cm³/mol. The third kappa shape index (κ3) is 9.87. The number of hydrogen-bond donors (Lipinski definition) is 2. The summed E-state index contributed by atoms with van der Waals surface area (Å²) in [4.78, 5) is 11.6. The maximum Gasteiger partial charge on any atom is 0.408 e. The van der Waals surface area contributed by atoms with Crippen LogP contribution in [0.2, 0.25) is 0 Å². The van der Waals surface area contributed by atoms with Crippen LogP contribution in [0.25, 0.3) is 0 Å². The lowest BCUT2D eigenvalue weighted by molar-refractivity contribution is 0.0510. The molecule has 0 aliphatic carbocycles. The minimum atomic E-state index is -0.493. The van der Waals surface area contributed by atoms with Crippen LogP contribution in [0.1, 0.15) is 41.0 Å². The van der Waals surface area contributed by atoms with E-state index < -0.39 is 11.7 Å². The number of nitrogens with one attached hydrogen (secondary N) is 1. The van der Waals surface area contributed by atoms with Gasteiger partial charge in [0.05, 0.1) is 12.6 Å². The van der Waals surface area contributed by atoms with Gasteiger partial charge in [0.2, 0.25) is 0 Å². The van der Waals surface area contributed by atoms with Crippen LogP contribution >= 0.6 is 0 Å². The average Bonchev–Trinajstić information content (AvgIpc) is 2.09. The Labute approximate surface area is 104 Å². The third-order valence-corrected chi connectivity index (χ3v) is 1.90. The summed E-state index contributed by atoms with van der Waals surface area (Å²) in [5.74, 6) is 0.457. The fourth-order valence-corrected chi connectivity index (χ4v) is 1.38. The number of aliphatic hydroxyl groups is 1. The smallest absolute Gasteiger partial charge is 0.408 e. The van der Waals surface area contributed by atoms with Crippen LogP contribution in [-0.4, -0.2) is 29.4 Å². The molecule has 1 unspecified atom stereocenters. The van der Waals surface area contributed by atoms with E-state index in [1.54, 1.807) is 12.2 Å². The van der Waals surface area contributed by atoms with Gasteiger partial charge in [-0.3, -0.25) is 0 Å². The van der Waals surface area contributed by atoms with Crippen LogP contribution in [0.15, 0.2) is 12.2 Å². The maximum absolute atomic E-state index is 11.6. The molecule has 4 nitrogen and oxygen atoms in total. The van der Waals surface area contributed by atoms with Crippen molar-refractivity contribution in [2.75, 3.05) is 6.61 Å². The van der Waals surface area contributed by atoms with Crippen molar-refractivity contribution in [2.45, 2.75) is 52.7 Å². The first-order chi connectivity index (χ1) is 7.74. The van der Waals surface area contributed by atoms with Crippen molar-refractivity contribution in [1.29, 1.82) is 0 Å². The van der Waals surface area contributed by atoms with Gasteiger partial charge in [-0.2, -0.15) is 0 Å². The number of carbonyl (C=O) groups excluding carboxylic acids is 1. The van der Waals surface area contributed by atoms with Gasteiger partial charge in [0, 0.05) is 0 Å². The van der Waals surface area contributed by atoms with E-state index in [0.29, 0.717) is 5.92 Å². The highest BCUT2D eigenvalue weighted by molar-refractivity contribution is 5.68. The molecule has 0 aliphatic heterocycles. The summed E-state index contributed by atoms with van der Waals surface area (Å²) >= 11 is 0. The lowest BCUT2D eigenvalue weighted by Gasteiger charge is -2.23. The van der Waals surface area contributed by atoms with Crippen molar-refractivity contribution in [3.05, 3.63) is 12.2 Å². The Bertz CT molecular complexity index is 254. The molecule has 0 radical (unpaired) electrons. The molecule has 0 fully saturated rings. The molecule has 1 amide bonds. The summed E-state index contributed by atoms with van der Waals surface area (Å²) in [6, 6.07) is -0.100. The zero-order valence-electron chi connectivity index (χ0n) is 11.5. The summed E-state index contributed by atoms with van der Waals surface area (Å²) in [6.07, 6.45) is 3.81. The fraction of sp³-hybridized carbons (Fsp3) is 0.769. The van der Waals surface area contributed by atoms with E-state index in [9.17, 15) is 4.79 Å². The highest BCUT2D eigenvalue weighted by Gasteiger charge is 2.18. The number of aliphatic hydroxyl groups excluding tert-OH is 1. The summed E-state index contributed by atoms with van der Waals surface area (Å²) in [7, 11) is 0. The van der Waals surface area contributed by atoms with Gasteiger partial charge >= 0.3 is 6.09 Å². The number of amides is 1. The minimum Gasteiger partial charge on any atom is -0.444 e. The monoisotopic (exact) mass is 243 g/mol. The second-order valence-corrected chi connectivity index (χ2v) is 5.49. The van der Waals surface area contributed by atoms with Crippen molar-refractivity contribution in [1.82, 2.24) is 5.32 Å². The van der Waals surface area contributed by atoms with Gasteiger partial charge in [0.25, 0.3) is 0 Å². The molecule has 0 saturated heterocycles. The van der Waals surface area contributed by atoms with Crippen molar-refractivity contribution >= 4 is 6.09 Å². The number of hydrogen-bond acceptors (Lipinski definition) is 3. The second-order valence-electron chi connectivity index (χ2n) is 5.49. The molecule has 100 valence electrons. The number of ether oxygens (including phenoxy) is 1. The molecule has 0 saturated carbocycles. The molecule has 0 spiro atoms. The highest BCUT2D eigenvalue weighted by atomic mass is 16.6. The van der Waals surface area contributed by atoms with Crippen LogP contribution < -0.4 is 5.32 Å². The van der Waals surface area contributed by atoms with Gasteiger partial charge in [-0.1, -0.05) is 26.0 Å². The van der Waals surface area contributed by atoms with E-state index in [1.165, 1.54) is 0 Å². The lowest BCUT2D eigenvalue weighted by Crippen LogP contribution is -2.38. The van der Waals surface area contributed by atoms with Gasteiger partial charge in [-0.25, -0.2) is 4.79 Å². The molecule has 1 atom stereocenters. The zero-order chi connectivity index (χ0) is 13.5. The molecule has 2 N–H and O–H groups in total. The topological polar surface area (TPSA) is 58.6 Å². The number of carbonyl (C=O) groups is 1. The maximum atomic E-state index is 11.6. The molecule has 0 aromatic rings. The van der Waals surface area contributed by atoms with Crippen LogP contribution in [0.4, 0.5) is 4.79 Å². The summed E-state index contributed by atoms with van der Waals surface area (Å²) in [6.45, 7) is 9.62. The van der Waals surface area contributed by atoms with Gasteiger partial charge in [0.15, 0.2) is 0 Å². The first-order valence-electron chi connectivity index (χ1n) is 6.01. The first kappa shape index (κ1) is 16.0. The molecule has 17 heavy (non-hydrogen) atoms. The predicted octanol–water partition coefficient (Wildman–Crippen LogP) is 2.47. The van der Waals surface area contributed by atoms with Crippen molar-refractivity contribution < 1.29 is 14.6 Å². The molecule has 0 rings (SSSR count). The highest BCUT2D eigenvalue weighted by Crippen LogP contribution is 2.09. The second kappa shape index (κ2) is 7.33. The van der Waals surface area contributed by atoms with E-state index >= 15 is 0 Å². The summed E-state index contributed by atoms with van der Waals surface area (Å²) in [5, 5.41) is 11.5. The zero-order valence-corrected chi connectivity index (χ0v) is 11.5. The van der Waals surface area contributed by atoms with Gasteiger partial charge in [0.1, 0.15) is 5.60 Å². The Morgan fingerprint density at radius 1 is 1.41 bits per heavy atom. The Kier molecular flexibility index (Phi) is 6.88. The van der Waals surface area contributed by atoms with Gasteiger partial charge in [-0.05, 0) is 33.1 Å². The number of alkyl carbamates (subject to hydrolysis) is 1. The molecule has 4 heteroatoms. The van der Waals surface area contributed by atoms with Crippen LogP contribution in [0, 0.1) is 5.92 Å². The fourth-order valence-electron chi connectivity index (χ4n) is 1.38. The number of rotatable bonds is 5. The van der Waals surface area contributed by atoms with Crippen LogP contribution in [0.5, 0.6) is 0 Å². The Morgan fingerprint density at radius 2 is 2.00 bits per heavy atom. The molecule has 0 bridgehead atoms. The van der Waals surface area contributed by atoms with Gasteiger partial charge in [-0.15, -0.1) is 0 Å². The Hall–Kier alpha value is -1.03. The molecule has 0 aliphatic rings. The molecular formula is C13H25NO3. The van der Waals surface area contributed by atoms with Crippen molar-refractivity contribution in [2.24, 2.45) is 5.92 Å². The van der Waals surface area contributed by atoms with Crippen LogP contribution in [-0.2, 0) is 4.74 Å². The quantitative estimate of drug-likeness (QED) is 0.729. The largest absolute Gasteiger partial charge is 0.444 e. The summed E-state index contributed by atoms with van der Waals surface area (Å²) < 4.78 is 5.18. The molecule has 0 aromatic heterocycles. The molecular weight excluding hydrogens is 218 g/mol.